The topological polar surface area (TPSA) is 347 Å². The summed E-state index contributed by atoms with van der Waals surface area (Å²) in [4.78, 5) is 68.1. The monoisotopic (exact) mass is 761 g/mol. The van der Waals surface area contributed by atoms with Gasteiger partial charge in [-0.15, -0.1) is 0 Å². The number of benzene rings is 4. The zero-order valence-corrected chi connectivity index (χ0v) is 26.2. The smallest absolute Gasteiger partial charge is 1.00 e. The van der Waals surface area contributed by atoms with Gasteiger partial charge in [0.15, 0.2) is 0 Å². The molecule has 0 bridgehead atoms. The first-order valence-corrected chi connectivity index (χ1v) is 12.2. The molecule has 264 valence electrons. The Morgan fingerprint density at radius 1 is 0.440 bits per heavy atom. The van der Waals surface area contributed by atoms with Crippen molar-refractivity contribution in [3.05, 3.63) is 157 Å². The molecule has 0 amide bonds. The van der Waals surface area contributed by atoms with E-state index >= 15 is 0 Å². The normalized spacial score (nSPS) is 9.76. The molecule has 0 atom stereocenters. The molecule has 0 spiro atoms. The van der Waals surface area contributed by atoms with Crippen LogP contribution in [-0.4, -0.2) is 52.9 Å². The van der Waals surface area contributed by atoms with Gasteiger partial charge in [0.1, 0.15) is 11.4 Å². The van der Waals surface area contributed by atoms with Crippen LogP contribution >= 0.6 is 0 Å². The molecule has 4 rings (SSSR count). The number of nitrogens with zero attached hydrogens (tertiary/aromatic N) is 8. The summed E-state index contributed by atoms with van der Waals surface area (Å²) in [5.41, 5.74) is -1.64. The fraction of sp³-hybridized carbons (Fsp3) is 0. The first kappa shape index (κ1) is 45.4. The quantitative estimate of drug-likeness (QED) is 0.0964. The van der Waals surface area contributed by atoms with Crippen LogP contribution in [0.4, 0.5) is 45.5 Å². The van der Waals surface area contributed by atoms with Crippen molar-refractivity contribution in [2.75, 3.05) is 0 Å². The zero-order chi connectivity index (χ0) is 34.0. The van der Waals surface area contributed by atoms with Gasteiger partial charge in [-0.05, 0) is 23.3 Å². The van der Waals surface area contributed by atoms with E-state index in [-0.39, 0.29) is 62.6 Å². The molecular formula is C26H20ClN8NiO14+. The predicted molar refractivity (Wildman–Crippen MR) is 167 cm³/mol. The molecule has 0 aliphatic rings. The molecule has 4 aromatic carbocycles. The summed E-state index contributed by atoms with van der Waals surface area (Å²) in [5.74, 6) is 0. The third-order valence-corrected chi connectivity index (χ3v) is 5.60. The van der Waals surface area contributed by atoms with Gasteiger partial charge in [-0.25, -0.2) is 9.98 Å². The van der Waals surface area contributed by atoms with Crippen LogP contribution in [0.15, 0.2) is 94.9 Å². The van der Waals surface area contributed by atoms with Crippen LogP contribution in [-0.2, 0) is 16.5 Å². The second-order valence-corrected chi connectivity index (χ2v) is 8.60. The zero-order valence-electron chi connectivity index (χ0n) is 24.4. The maximum absolute atomic E-state index is 11.0. The molecule has 22 nitrogen and oxygen atoms in total. The number of aliphatic imine (C=N–C) groups is 2. The molecule has 0 unspecified atom stereocenters. The molecular weight excluding hydrogens is 742 g/mol. The van der Waals surface area contributed by atoms with Crippen LogP contribution in [0.1, 0.15) is 11.1 Å². The van der Waals surface area contributed by atoms with Crippen LogP contribution in [0, 0.1) is 60.7 Å². The fourth-order valence-corrected chi connectivity index (χ4v) is 3.49. The van der Waals surface area contributed by atoms with E-state index in [4.69, 9.17) is 0 Å². The molecule has 0 fully saturated rings. The van der Waals surface area contributed by atoms with E-state index < -0.39 is 52.3 Å². The first-order chi connectivity index (χ1) is 21.8. The summed E-state index contributed by atoms with van der Waals surface area (Å²) in [5, 5.41) is 64.6. The SMILES string of the molecule is O.O.O=[N+]([O-])c1cccc(C=Nc2ccc([N+](=O)[O-])cc2[N+](=O)[O-])c1.O=[N+]([O-])c1cccc(C=Nc2ccc([N+](=O)[O-])cc2[N+](=O)[O-])c1.[Cl-].[Ni+2]. The van der Waals surface area contributed by atoms with Crippen LogP contribution in [0.2, 0.25) is 0 Å². The van der Waals surface area contributed by atoms with Crippen molar-refractivity contribution in [2.24, 2.45) is 9.98 Å². The van der Waals surface area contributed by atoms with Crippen LogP contribution in [0.5, 0.6) is 0 Å². The molecule has 0 radical (unpaired) electrons. The van der Waals surface area contributed by atoms with E-state index in [1.807, 2.05) is 0 Å². The number of non-ortho nitro benzene ring substituents is 4. The van der Waals surface area contributed by atoms with E-state index in [0.717, 1.165) is 36.4 Å². The van der Waals surface area contributed by atoms with Gasteiger partial charge >= 0.3 is 27.9 Å². The molecule has 50 heavy (non-hydrogen) atoms. The number of hydrogen-bond donors (Lipinski definition) is 0. The second kappa shape index (κ2) is 20.5. The molecule has 0 saturated heterocycles. The third-order valence-electron chi connectivity index (χ3n) is 5.60. The van der Waals surface area contributed by atoms with Crippen molar-refractivity contribution in [1.29, 1.82) is 0 Å². The average Bonchev–Trinajstić information content (AvgIpc) is 3.03. The van der Waals surface area contributed by atoms with Crippen molar-refractivity contribution in [2.45, 2.75) is 0 Å². The summed E-state index contributed by atoms with van der Waals surface area (Å²) in [6, 6.07) is 17.1. The van der Waals surface area contributed by atoms with E-state index in [9.17, 15) is 60.7 Å². The Bertz CT molecular complexity index is 1820. The van der Waals surface area contributed by atoms with E-state index in [1.165, 1.54) is 61.0 Å². The first-order valence-electron chi connectivity index (χ1n) is 12.2. The molecule has 0 heterocycles. The standard InChI is InChI=1S/2C13H8N4O6.ClH.Ni.2H2O/c2*18-15(19)10-3-1-2-9(6-10)8-14-12-5-4-11(16(20)21)7-13(12)17(22)23;;;;/h2*1-8H;1H;;2*1H2/q;;;+2;;/p-1. The van der Waals surface area contributed by atoms with E-state index in [0.29, 0.717) is 11.1 Å². The predicted octanol–water partition coefficient (Wildman–Crippen LogP) is 1.68. The molecule has 4 aromatic rings. The molecule has 0 aliphatic carbocycles. The van der Waals surface area contributed by atoms with Crippen LogP contribution < -0.4 is 12.4 Å². The largest absolute Gasteiger partial charge is 2.00 e. The number of hydrogen-bond acceptors (Lipinski definition) is 14. The summed E-state index contributed by atoms with van der Waals surface area (Å²) in [6.45, 7) is 0. The van der Waals surface area contributed by atoms with Crippen molar-refractivity contribution in [1.82, 2.24) is 0 Å². The van der Waals surface area contributed by atoms with Gasteiger partial charge in [0, 0.05) is 48.8 Å². The Morgan fingerprint density at radius 2 is 0.740 bits per heavy atom. The molecule has 0 saturated carbocycles. The Balaban J connectivity index is 0. The van der Waals surface area contributed by atoms with Gasteiger partial charge in [0.2, 0.25) is 0 Å². The van der Waals surface area contributed by atoms with Gasteiger partial charge in [-0.3, -0.25) is 60.7 Å². The summed E-state index contributed by atoms with van der Waals surface area (Å²) >= 11 is 0. The molecule has 24 heteroatoms. The average molecular weight is 763 g/mol. The Kier molecular flexibility index (Phi) is 18.7. The van der Waals surface area contributed by atoms with Crippen molar-refractivity contribution >= 4 is 57.9 Å². The molecule has 4 N–H and O–H groups in total. The molecule has 0 aromatic heterocycles. The number of rotatable bonds is 10. The Hall–Kier alpha value is -6.68. The van der Waals surface area contributed by atoms with Gasteiger partial charge in [-0.1, -0.05) is 24.3 Å². The van der Waals surface area contributed by atoms with Crippen molar-refractivity contribution in [3.63, 3.8) is 0 Å². The third kappa shape index (κ3) is 12.5. The van der Waals surface area contributed by atoms with Gasteiger partial charge < -0.3 is 23.4 Å². The van der Waals surface area contributed by atoms with Gasteiger partial charge in [0.25, 0.3) is 22.7 Å². The van der Waals surface area contributed by atoms with Crippen LogP contribution in [0.25, 0.3) is 0 Å². The Morgan fingerprint density at radius 3 is 1.02 bits per heavy atom. The maximum Gasteiger partial charge on any atom is 2.00 e. The van der Waals surface area contributed by atoms with Gasteiger partial charge in [-0.2, -0.15) is 0 Å². The van der Waals surface area contributed by atoms with Gasteiger partial charge in [0.05, 0.1) is 41.7 Å². The summed E-state index contributed by atoms with van der Waals surface area (Å²) < 4.78 is 0. The molecule has 0 aliphatic heterocycles. The summed E-state index contributed by atoms with van der Waals surface area (Å²) in [7, 11) is 0. The van der Waals surface area contributed by atoms with Crippen LogP contribution in [0.3, 0.4) is 0 Å². The maximum atomic E-state index is 11.0. The summed E-state index contributed by atoms with van der Waals surface area (Å²) in [6.07, 6.45) is 2.42. The number of nitro groups is 6. The fourth-order valence-electron chi connectivity index (χ4n) is 3.49. The van der Waals surface area contributed by atoms with Crippen molar-refractivity contribution in [3.8, 4) is 0 Å². The van der Waals surface area contributed by atoms with Crippen molar-refractivity contribution < 1.29 is 69.4 Å². The Labute approximate surface area is 293 Å². The minimum Gasteiger partial charge on any atom is -1.00 e. The second-order valence-electron chi connectivity index (χ2n) is 8.60. The van der Waals surface area contributed by atoms with E-state index in [1.54, 1.807) is 0 Å². The number of halogens is 1. The van der Waals surface area contributed by atoms with E-state index in [2.05, 4.69) is 9.98 Å². The number of nitro benzene ring substituents is 6. The minimum absolute atomic E-state index is 0. The minimum atomic E-state index is -0.785.